The van der Waals surface area contributed by atoms with Crippen molar-refractivity contribution < 1.29 is 67.3 Å². The predicted octanol–water partition coefficient (Wildman–Crippen LogP) is -4.15. The zero-order valence-corrected chi connectivity index (χ0v) is 18.6. The lowest BCUT2D eigenvalue weighted by Gasteiger charge is -2.35. The molecule has 2 aliphatic heterocycles. The van der Waals surface area contributed by atoms with E-state index in [1.807, 2.05) is 4.98 Å². The number of H-pyrrole nitrogens is 1. The molecule has 8 N–H and O–H groups in total. The van der Waals surface area contributed by atoms with Crippen molar-refractivity contribution in [1.82, 2.24) is 9.55 Å². The van der Waals surface area contributed by atoms with Crippen LogP contribution in [-0.4, -0.2) is 101 Å². The molecule has 0 bridgehead atoms. The van der Waals surface area contributed by atoms with Crippen LogP contribution in [0.3, 0.4) is 0 Å². The Bertz CT molecular complexity index is 1080. The molecule has 0 saturated carbocycles. The number of rotatable bonds is 8. The summed E-state index contributed by atoms with van der Waals surface area (Å²) in [5.41, 5.74) is -1.72. The quantitative estimate of drug-likeness (QED) is 0.146. The van der Waals surface area contributed by atoms with Crippen molar-refractivity contribution >= 4 is 15.6 Å². The number of nitrogens with one attached hydrogen (secondary N) is 1. The molecule has 1 aromatic rings. The van der Waals surface area contributed by atoms with Gasteiger partial charge < -0.3 is 44.8 Å². The number of phosphoric ester groups is 2. The highest BCUT2D eigenvalue weighted by Gasteiger charge is 2.47. The van der Waals surface area contributed by atoms with Gasteiger partial charge in [0.25, 0.3) is 5.56 Å². The second-order valence-corrected chi connectivity index (χ2v) is 10.2. The maximum Gasteiger partial charge on any atom is 0.483 e. The fourth-order valence-corrected chi connectivity index (χ4v) is 5.24. The molecule has 2 saturated heterocycles. The van der Waals surface area contributed by atoms with E-state index in [1.54, 1.807) is 0 Å². The van der Waals surface area contributed by atoms with Crippen molar-refractivity contribution in [1.29, 1.82) is 0 Å². The summed E-state index contributed by atoms with van der Waals surface area (Å²) in [6.45, 7) is -1.59. The molecular weight excluding hydrogens is 514 g/mol. The molecule has 0 aliphatic carbocycles. The Labute approximate surface area is 188 Å². The van der Waals surface area contributed by atoms with E-state index >= 15 is 0 Å². The number of aliphatic hydroxyl groups excluding tert-OH is 5. The summed E-state index contributed by atoms with van der Waals surface area (Å²) in [6, 6.07) is 0.939. The molecule has 0 aromatic carbocycles. The smallest absolute Gasteiger partial charge is 0.388 e. The van der Waals surface area contributed by atoms with Crippen molar-refractivity contribution in [3.63, 3.8) is 0 Å². The van der Waals surface area contributed by atoms with E-state index < -0.39 is 89.2 Å². The molecule has 0 spiro atoms. The third kappa shape index (κ3) is 6.26. The Hall–Kier alpha value is -1.34. The Kier molecular flexibility index (Phi) is 8.28. The van der Waals surface area contributed by atoms with Crippen LogP contribution < -0.4 is 11.2 Å². The third-order valence-corrected chi connectivity index (χ3v) is 7.36. The molecule has 3 rings (SSSR count). The van der Waals surface area contributed by atoms with E-state index in [4.69, 9.17) is 9.47 Å². The number of phosphoric acid groups is 2. The van der Waals surface area contributed by atoms with Gasteiger partial charge in [0, 0.05) is 12.3 Å². The normalized spacial score (nSPS) is 37.7. The maximum atomic E-state index is 12.1. The van der Waals surface area contributed by atoms with Gasteiger partial charge in [-0.1, -0.05) is 0 Å². The van der Waals surface area contributed by atoms with Crippen LogP contribution in [0.25, 0.3) is 0 Å². The van der Waals surface area contributed by atoms with Crippen molar-refractivity contribution in [3.05, 3.63) is 33.1 Å². The standard InChI is InChI=1S/C14H22N2O16P2/c17-5-3-28-13(11(22)8(5)19)31-34(26,27)32-33(24,25)29-4-6-9(20)10(21)12(30-6)16-2-1-7(18)15-14(16)23/h1-2,5-6,8-13,17,19-22H,3-4H2,(H,24,25)(H,26,27)(H,15,18,23)/t5-,6-,8+,9-,10-,11-,12-,13-/m1/s1. The number of aromatic amines is 1. The number of aliphatic hydroxyl groups is 5. The Morgan fingerprint density at radius 3 is 2.35 bits per heavy atom. The van der Waals surface area contributed by atoms with Crippen LogP contribution in [0, 0.1) is 0 Å². The minimum Gasteiger partial charge on any atom is -0.388 e. The molecule has 10 atom stereocenters. The van der Waals surface area contributed by atoms with Crippen molar-refractivity contribution in [2.24, 2.45) is 0 Å². The van der Waals surface area contributed by atoms with Crippen molar-refractivity contribution in [2.75, 3.05) is 13.2 Å². The zero-order valence-electron chi connectivity index (χ0n) is 16.8. The predicted molar refractivity (Wildman–Crippen MR) is 103 cm³/mol. The highest BCUT2D eigenvalue weighted by Crippen LogP contribution is 2.61. The van der Waals surface area contributed by atoms with Gasteiger partial charge in [0.15, 0.2) is 12.5 Å². The molecule has 2 aliphatic rings. The van der Waals surface area contributed by atoms with Crippen molar-refractivity contribution in [2.45, 2.75) is 49.1 Å². The summed E-state index contributed by atoms with van der Waals surface area (Å²) < 4.78 is 47.7. The average molecular weight is 536 g/mol. The lowest BCUT2D eigenvalue weighted by molar-refractivity contribution is -0.245. The Morgan fingerprint density at radius 2 is 1.71 bits per heavy atom. The van der Waals surface area contributed by atoms with Crippen LogP contribution >= 0.6 is 15.6 Å². The fourth-order valence-electron chi connectivity index (χ4n) is 3.07. The van der Waals surface area contributed by atoms with E-state index in [0.717, 1.165) is 16.8 Å². The van der Waals surface area contributed by atoms with Crippen molar-refractivity contribution in [3.8, 4) is 0 Å². The van der Waals surface area contributed by atoms with Gasteiger partial charge in [-0.25, -0.2) is 13.9 Å². The lowest BCUT2D eigenvalue weighted by Crippen LogP contribution is -2.53. The minimum absolute atomic E-state index is 0.602. The number of aromatic nitrogens is 2. The SMILES string of the molecule is O=c1ccn([C@@H]2O[C@H](COP(=O)(O)OP(=O)(O)O[C@H]3OC[C@@H](O)[C@H](O)[C@H]3O)[C@@H](O)[C@H]2O)c(=O)[nH]1. The lowest BCUT2D eigenvalue weighted by atomic mass is 10.1. The number of nitrogens with zero attached hydrogens (tertiary/aromatic N) is 1. The number of ether oxygens (including phenoxy) is 2. The molecule has 2 unspecified atom stereocenters. The first-order chi connectivity index (χ1) is 15.7. The zero-order chi connectivity index (χ0) is 25.4. The van der Waals surface area contributed by atoms with E-state index in [2.05, 4.69) is 13.4 Å². The van der Waals surface area contributed by atoms with Gasteiger partial charge in [0.05, 0.1) is 13.2 Å². The molecule has 1 aromatic heterocycles. The summed E-state index contributed by atoms with van der Waals surface area (Å²) in [5.74, 6) is 0. The summed E-state index contributed by atoms with van der Waals surface area (Å²) in [5, 5.41) is 48.8. The third-order valence-electron chi connectivity index (χ3n) is 4.76. The molecule has 0 amide bonds. The largest absolute Gasteiger partial charge is 0.483 e. The van der Waals surface area contributed by atoms with Crippen LogP contribution in [0.1, 0.15) is 6.23 Å². The highest BCUT2D eigenvalue weighted by molar-refractivity contribution is 7.61. The van der Waals surface area contributed by atoms with Gasteiger partial charge in [-0.05, 0) is 0 Å². The Balaban J connectivity index is 1.59. The summed E-state index contributed by atoms with van der Waals surface area (Å²) >= 11 is 0. The number of hydrogen-bond donors (Lipinski definition) is 8. The minimum atomic E-state index is -5.47. The van der Waals surface area contributed by atoms with Gasteiger partial charge in [0.1, 0.15) is 36.6 Å². The van der Waals surface area contributed by atoms with Gasteiger partial charge in [0.2, 0.25) is 0 Å². The second kappa shape index (κ2) is 10.3. The number of hydrogen-bond acceptors (Lipinski definition) is 14. The molecule has 3 heterocycles. The molecule has 20 heteroatoms. The van der Waals surface area contributed by atoms with Crippen LogP contribution in [-0.2, 0) is 32.0 Å². The van der Waals surface area contributed by atoms with Crippen LogP contribution in [0.5, 0.6) is 0 Å². The average Bonchev–Trinajstić information content (AvgIpc) is 3.00. The molecule has 194 valence electrons. The van der Waals surface area contributed by atoms with E-state index in [9.17, 15) is 54.0 Å². The van der Waals surface area contributed by atoms with E-state index in [0.29, 0.717) is 0 Å². The topological polar surface area (TPSA) is 277 Å². The van der Waals surface area contributed by atoms with E-state index in [-0.39, 0.29) is 0 Å². The molecule has 18 nitrogen and oxygen atoms in total. The van der Waals surface area contributed by atoms with E-state index in [1.165, 1.54) is 0 Å². The first-order valence-electron chi connectivity index (χ1n) is 9.39. The van der Waals surface area contributed by atoms with Gasteiger partial charge in [-0.2, -0.15) is 4.31 Å². The Morgan fingerprint density at radius 1 is 1.03 bits per heavy atom. The first-order valence-corrected chi connectivity index (χ1v) is 12.4. The molecule has 34 heavy (non-hydrogen) atoms. The molecule has 0 radical (unpaired) electrons. The monoisotopic (exact) mass is 536 g/mol. The van der Waals surface area contributed by atoms with Crippen LogP contribution in [0.15, 0.2) is 21.9 Å². The second-order valence-electron chi connectivity index (χ2n) is 7.23. The van der Waals surface area contributed by atoms with Gasteiger partial charge in [-0.15, -0.1) is 0 Å². The van der Waals surface area contributed by atoms with Gasteiger partial charge >= 0.3 is 21.3 Å². The summed E-state index contributed by atoms with van der Waals surface area (Å²) in [6.07, 6.45) is -13.0. The highest BCUT2D eigenvalue weighted by atomic mass is 31.3. The molecular formula is C14H22N2O16P2. The fraction of sp³-hybridized carbons (Fsp3) is 0.714. The van der Waals surface area contributed by atoms with Crippen LogP contribution in [0.4, 0.5) is 0 Å². The molecule has 2 fully saturated rings. The van der Waals surface area contributed by atoms with Crippen LogP contribution in [0.2, 0.25) is 0 Å². The van der Waals surface area contributed by atoms with Gasteiger partial charge in [-0.3, -0.25) is 23.4 Å². The summed E-state index contributed by atoms with van der Waals surface area (Å²) in [4.78, 5) is 44.3. The maximum absolute atomic E-state index is 12.1. The first kappa shape index (κ1) is 27.3. The summed E-state index contributed by atoms with van der Waals surface area (Å²) in [7, 11) is -10.9.